The van der Waals surface area contributed by atoms with Crippen LogP contribution in [0.1, 0.15) is 11.1 Å². The van der Waals surface area contributed by atoms with E-state index in [4.69, 9.17) is 4.74 Å². The minimum Gasteiger partial charge on any atom is -0.497 e. The lowest BCUT2D eigenvalue weighted by Crippen LogP contribution is -2.15. The standard InChI is InChI=1S/C22H22N2O4S/c1-16-5-3-4-6-21(16)24-29(26,27)20-13-9-18(10-14-20)23-22(25)15-17-7-11-19(28-2)12-8-17/h3-14,24H,15H2,1-2H3,(H,23,25). The van der Waals surface area contributed by atoms with E-state index in [1.807, 2.05) is 31.2 Å². The van der Waals surface area contributed by atoms with Gasteiger partial charge in [-0.3, -0.25) is 9.52 Å². The van der Waals surface area contributed by atoms with Crippen molar-refractivity contribution in [2.45, 2.75) is 18.2 Å². The van der Waals surface area contributed by atoms with Gasteiger partial charge in [0.25, 0.3) is 10.0 Å². The molecule has 0 aromatic heterocycles. The Labute approximate surface area is 170 Å². The number of aryl methyl sites for hydroxylation is 1. The second-order valence-corrected chi connectivity index (χ2v) is 8.20. The number of hydrogen-bond acceptors (Lipinski definition) is 4. The predicted molar refractivity (Wildman–Crippen MR) is 114 cm³/mol. The van der Waals surface area contributed by atoms with Crippen LogP contribution in [-0.4, -0.2) is 21.4 Å². The van der Waals surface area contributed by atoms with E-state index in [0.717, 1.165) is 16.9 Å². The van der Waals surface area contributed by atoms with Crippen LogP contribution >= 0.6 is 0 Å². The fourth-order valence-electron chi connectivity index (χ4n) is 2.74. The fraction of sp³-hybridized carbons (Fsp3) is 0.136. The Hall–Kier alpha value is -3.32. The van der Waals surface area contributed by atoms with Gasteiger partial charge in [0.1, 0.15) is 5.75 Å². The number of hydrogen-bond donors (Lipinski definition) is 2. The van der Waals surface area contributed by atoms with Crippen molar-refractivity contribution in [3.05, 3.63) is 83.9 Å². The van der Waals surface area contributed by atoms with Crippen LogP contribution in [0, 0.1) is 6.92 Å². The number of para-hydroxylation sites is 1. The van der Waals surface area contributed by atoms with E-state index in [-0.39, 0.29) is 17.2 Å². The summed E-state index contributed by atoms with van der Waals surface area (Å²) in [7, 11) is -2.13. The minimum absolute atomic E-state index is 0.119. The van der Waals surface area contributed by atoms with E-state index in [0.29, 0.717) is 11.4 Å². The van der Waals surface area contributed by atoms with Crippen molar-refractivity contribution in [1.82, 2.24) is 0 Å². The molecule has 0 spiro atoms. The molecule has 3 rings (SSSR count). The summed E-state index contributed by atoms with van der Waals surface area (Å²) in [5.74, 6) is 0.536. The molecule has 3 aromatic carbocycles. The van der Waals surface area contributed by atoms with Gasteiger partial charge < -0.3 is 10.1 Å². The first-order valence-corrected chi connectivity index (χ1v) is 10.5. The highest BCUT2D eigenvalue weighted by molar-refractivity contribution is 7.92. The number of sulfonamides is 1. The van der Waals surface area contributed by atoms with Crippen LogP contribution in [0.3, 0.4) is 0 Å². The summed E-state index contributed by atoms with van der Waals surface area (Å²) < 4.78 is 32.8. The molecule has 0 atom stereocenters. The topological polar surface area (TPSA) is 84.5 Å². The summed E-state index contributed by atoms with van der Waals surface area (Å²) in [6.45, 7) is 1.83. The number of anilines is 2. The van der Waals surface area contributed by atoms with Crippen LogP contribution in [0.15, 0.2) is 77.7 Å². The molecule has 0 aliphatic heterocycles. The molecular weight excluding hydrogens is 388 g/mol. The Bertz CT molecular complexity index is 1090. The van der Waals surface area contributed by atoms with Gasteiger partial charge in [0.2, 0.25) is 5.91 Å². The summed E-state index contributed by atoms with van der Waals surface area (Å²) in [6, 6.07) is 20.5. The number of rotatable bonds is 7. The molecule has 0 radical (unpaired) electrons. The smallest absolute Gasteiger partial charge is 0.261 e. The lowest BCUT2D eigenvalue weighted by atomic mass is 10.1. The fourth-order valence-corrected chi connectivity index (χ4v) is 3.87. The summed E-state index contributed by atoms with van der Waals surface area (Å²) in [5, 5.41) is 2.77. The van der Waals surface area contributed by atoms with E-state index >= 15 is 0 Å². The molecule has 0 saturated heterocycles. The number of benzene rings is 3. The average molecular weight is 410 g/mol. The average Bonchev–Trinajstić information content (AvgIpc) is 2.70. The molecule has 1 amide bonds. The lowest BCUT2D eigenvalue weighted by molar-refractivity contribution is -0.115. The highest BCUT2D eigenvalue weighted by atomic mass is 32.2. The SMILES string of the molecule is COc1ccc(CC(=O)Nc2ccc(S(=O)(=O)Nc3ccccc3C)cc2)cc1. The Morgan fingerprint density at radius 2 is 1.59 bits per heavy atom. The van der Waals surface area contributed by atoms with Crippen molar-refractivity contribution in [2.75, 3.05) is 17.1 Å². The Kier molecular flexibility index (Phi) is 6.19. The molecule has 150 valence electrons. The van der Waals surface area contributed by atoms with Crippen LogP contribution in [0.4, 0.5) is 11.4 Å². The van der Waals surface area contributed by atoms with Gasteiger partial charge in [-0.25, -0.2) is 8.42 Å². The van der Waals surface area contributed by atoms with Crippen LogP contribution in [-0.2, 0) is 21.2 Å². The first-order valence-electron chi connectivity index (χ1n) is 8.99. The lowest BCUT2D eigenvalue weighted by Gasteiger charge is -2.11. The molecule has 3 aromatic rings. The van der Waals surface area contributed by atoms with E-state index in [2.05, 4.69) is 10.0 Å². The van der Waals surface area contributed by atoms with E-state index in [9.17, 15) is 13.2 Å². The van der Waals surface area contributed by atoms with Crippen molar-refractivity contribution in [3.63, 3.8) is 0 Å². The zero-order valence-corrected chi connectivity index (χ0v) is 17.0. The molecule has 0 bridgehead atoms. The summed E-state index contributed by atoms with van der Waals surface area (Å²) in [6.07, 6.45) is 0.207. The van der Waals surface area contributed by atoms with Crippen molar-refractivity contribution in [2.24, 2.45) is 0 Å². The molecule has 0 unspecified atom stereocenters. The number of amides is 1. The van der Waals surface area contributed by atoms with Gasteiger partial charge in [-0.15, -0.1) is 0 Å². The van der Waals surface area contributed by atoms with Crippen molar-refractivity contribution in [1.29, 1.82) is 0 Å². The van der Waals surface area contributed by atoms with Gasteiger partial charge in [0.15, 0.2) is 0 Å². The molecule has 0 aliphatic carbocycles. The first kappa shape index (κ1) is 20.4. The molecule has 0 aliphatic rings. The Balaban J connectivity index is 1.64. The Morgan fingerprint density at radius 1 is 0.931 bits per heavy atom. The van der Waals surface area contributed by atoms with Crippen molar-refractivity contribution < 1.29 is 17.9 Å². The quantitative estimate of drug-likeness (QED) is 0.617. The maximum atomic E-state index is 12.6. The van der Waals surface area contributed by atoms with Crippen LogP contribution in [0.5, 0.6) is 5.75 Å². The zero-order chi connectivity index (χ0) is 20.9. The molecule has 7 heteroatoms. The van der Waals surface area contributed by atoms with Gasteiger partial charge >= 0.3 is 0 Å². The molecular formula is C22H22N2O4S. The van der Waals surface area contributed by atoms with Crippen molar-refractivity contribution >= 4 is 27.3 Å². The molecule has 29 heavy (non-hydrogen) atoms. The number of ether oxygens (including phenoxy) is 1. The van der Waals surface area contributed by atoms with Gasteiger partial charge in [-0.2, -0.15) is 0 Å². The summed E-state index contributed by atoms with van der Waals surface area (Å²) in [5.41, 5.74) is 2.74. The van der Waals surface area contributed by atoms with Crippen LogP contribution < -0.4 is 14.8 Å². The van der Waals surface area contributed by atoms with E-state index in [1.165, 1.54) is 12.1 Å². The zero-order valence-electron chi connectivity index (χ0n) is 16.2. The number of carbonyl (C=O) groups excluding carboxylic acids is 1. The molecule has 2 N–H and O–H groups in total. The van der Waals surface area contributed by atoms with Crippen molar-refractivity contribution in [3.8, 4) is 5.75 Å². The maximum absolute atomic E-state index is 12.6. The maximum Gasteiger partial charge on any atom is 0.261 e. The number of carbonyl (C=O) groups is 1. The largest absolute Gasteiger partial charge is 0.497 e. The summed E-state index contributed by atoms with van der Waals surface area (Å²) in [4.78, 5) is 12.3. The van der Waals surface area contributed by atoms with E-state index in [1.54, 1.807) is 43.5 Å². The normalized spacial score (nSPS) is 11.0. The monoisotopic (exact) mass is 410 g/mol. The third-order valence-corrected chi connectivity index (χ3v) is 5.74. The van der Waals surface area contributed by atoms with E-state index < -0.39 is 10.0 Å². The predicted octanol–water partition coefficient (Wildman–Crippen LogP) is 3.99. The third kappa shape index (κ3) is 5.36. The Morgan fingerprint density at radius 3 is 2.21 bits per heavy atom. The number of methoxy groups -OCH3 is 1. The van der Waals surface area contributed by atoms with Gasteiger partial charge in [0, 0.05) is 5.69 Å². The minimum atomic E-state index is -3.71. The summed E-state index contributed by atoms with van der Waals surface area (Å²) >= 11 is 0. The molecule has 6 nitrogen and oxygen atoms in total. The van der Waals surface area contributed by atoms with Crippen LogP contribution in [0.25, 0.3) is 0 Å². The molecule has 0 saturated carbocycles. The molecule has 0 heterocycles. The first-order chi connectivity index (χ1) is 13.9. The van der Waals surface area contributed by atoms with Crippen LogP contribution in [0.2, 0.25) is 0 Å². The highest BCUT2D eigenvalue weighted by Gasteiger charge is 2.15. The van der Waals surface area contributed by atoms with Gasteiger partial charge in [-0.1, -0.05) is 30.3 Å². The second kappa shape index (κ2) is 8.79. The highest BCUT2D eigenvalue weighted by Crippen LogP contribution is 2.21. The molecule has 0 fully saturated rings. The second-order valence-electron chi connectivity index (χ2n) is 6.52. The van der Waals surface area contributed by atoms with Gasteiger partial charge in [0.05, 0.1) is 24.1 Å². The third-order valence-electron chi connectivity index (χ3n) is 4.36. The number of nitrogens with one attached hydrogen (secondary N) is 2. The van der Waals surface area contributed by atoms with Gasteiger partial charge in [-0.05, 0) is 60.5 Å².